The normalized spacial score (nSPS) is 20.3. The van der Waals surface area contributed by atoms with E-state index < -0.39 is 59.9 Å². The van der Waals surface area contributed by atoms with Crippen molar-refractivity contribution in [1.29, 1.82) is 0 Å². The molecule has 248 valence electrons. The number of ether oxygens (including phenoxy) is 5. The molecule has 1 fully saturated rings. The fraction of sp³-hybridized carbons (Fsp3) is 0.176. The Bertz CT molecular complexity index is 1840. The molecular weight excluding hydrogens is 774 g/mol. The first kappa shape index (κ1) is 35.7. The second-order valence-corrected chi connectivity index (χ2v) is 12.7. The zero-order chi connectivity index (χ0) is 34.4. The molecule has 0 amide bonds. The van der Waals surface area contributed by atoms with E-state index in [2.05, 4.69) is 15.9 Å². The molecule has 5 atom stereocenters. The highest BCUT2D eigenvalue weighted by Crippen LogP contribution is 2.34. The van der Waals surface area contributed by atoms with Crippen molar-refractivity contribution in [1.82, 2.24) is 0 Å². The summed E-state index contributed by atoms with van der Waals surface area (Å²) < 4.78 is 29.2. The lowest BCUT2D eigenvalue weighted by Gasteiger charge is -2.43. The van der Waals surface area contributed by atoms with Gasteiger partial charge in [0.1, 0.15) is 12.7 Å². The minimum Gasteiger partial charge on any atom is -0.459 e. The molecule has 0 saturated carbocycles. The highest BCUT2D eigenvalue weighted by Gasteiger charge is 2.52. The van der Waals surface area contributed by atoms with Gasteiger partial charge in [0, 0.05) is 0 Å². The molecule has 48 heavy (non-hydrogen) atoms. The summed E-state index contributed by atoms with van der Waals surface area (Å²) in [5.41, 5.74) is 0.0391. The summed E-state index contributed by atoms with van der Waals surface area (Å²) in [4.78, 5) is 53.4. The van der Waals surface area contributed by atoms with Gasteiger partial charge in [0.05, 0.1) is 42.3 Å². The van der Waals surface area contributed by atoms with Gasteiger partial charge in [-0.3, -0.25) is 0 Å². The zero-order valence-corrected chi connectivity index (χ0v) is 29.0. The van der Waals surface area contributed by atoms with E-state index in [-0.39, 0.29) is 42.3 Å². The molecule has 14 heteroatoms. The number of carbonyl (C=O) groups excluding carboxylic acids is 4. The van der Waals surface area contributed by atoms with Gasteiger partial charge in [-0.1, -0.05) is 111 Å². The maximum absolute atomic E-state index is 13.6. The van der Waals surface area contributed by atoms with Gasteiger partial charge in [-0.2, -0.15) is 0 Å². The Kier molecular flexibility index (Phi) is 12.0. The van der Waals surface area contributed by atoms with Crippen LogP contribution in [0.25, 0.3) is 0 Å². The lowest BCUT2D eigenvalue weighted by molar-refractivity contribution is -0.205. The minimum atomic E-state index is -1.56. The lowest BCUT2D eigenvalue weighted by Crippen LogP contribution is -2.61. The SMILES string of the molecule is O=C(OC[C@H]1O[C@H](Br)[C@H](OC(=O)c2ccccc2Cl)[C@@H](OC(=O)c2ccccc2Cl)[C@@H]1OC(=O)c1ccccc1Cl)c1ccccc1Cl. The molecule has 9 nitrogen and oxygen atoms in total. The Balaban J connectivity index is 1.53. The molecule has 0 N–H and O–H groups in total. The zero-order valence-electron chi connectivity index (χ0n) is 24.4. The number of benzene rings is 4. The maximum atomic E-state index is 13.6. The molecule has 1 heterocycles. The van der Waals surface area contributed by atoms with E-state index in [4.69, 9.17) is 70.1 Å². The number of esters is 4. The van der Waals surface area contributed by atoms with Crippen molar-refractivity contribution in [3.8, 4) is 0 Å². The first-order valence-electron chi connectivity index (χ1n) is 14.1. The summed E-state index contributed by atoms with van der Waals surface area (Å²) in [6, 6.07) is 24.6. The number of hydrogen-bond donors (Lipinski definition) is 0. The molecule has 4 aromatic carbocycles. The van der Waals surface area contributed by atoms with Crippen LogP contribution in [0.15, 0.2) is 97.1 Å². The maximum Gasteiger partial charge on any atom is 0.340 e. The summed E-state index contributed by atoms with van der Waals surface area (Å²) in [5.74, 6) is -3.56. The van der Waals surface area contributed by atoms with Crippen LogP contribution in [0.5, 0.6) is 0 Å². The third kappa shape index (κ3) is 8.31. The van der Waals surface area contributed by atoms with E-state index in [0.717, 1.165) is 0 Å². The predicted molar refractivity (Wildman–Crippen MR) is 181 cm³/mol. The molecule has 1 aliphatic heterocycles. The van der Waals surface area contributed by atoms with Crippen molar-refractivity contribution in [3.63, 3.8) is 0 Å². The van der Waals surface area contributed by atoms with Crippen molar-refractivity contribution in [3.05, 3.63) is 139 Å². The Morgan fingerprint density at radius 2 is 0.854 bits per heavy atom. The third-order valence-corrected chi connectivity index (χ3v) is 9.12. The fourth-order valence-electron chi connectivity index (χ4n) is 4.71. The van der Waals surface area contributed by atoms with Crippen LogP contribution in [0.2, 0.25) is 20.1 Å². The summed E-state index contributed by atoms with van der Waals surface area (Å²) in [7, 11) is 0. The number of hydrogen-bond acceptors (Lipinski definition) is 9. The molecule has 1 saturated heterocycles. The van der Waals surface area contributed by atoms with Gasteiger partial charge in [-0.25, -0.2) is 19.2 Å². The topological polar surface area (TPSA) is 114 Å². The second-order valence-electron chi connectivity index (χ2n) is 10.2. The van der Waals surface area contributed by atoms with Crippen LogP contribution in [-0.4, -0.2) is 59.9 Å². The molecule has 0 unspecified atom stereocenters. The Morgan fingerprint density at radius 1 is 0.521 bits per heavy atom. The van der Waals surface area contributed by atoms with E-state index in [1.54, 1.807) is 48.5 Å². The minimum absolute atomic E-state index is 0.00968. The molecule has 0 aromatic heterocycles. The number of carbonyl (C=O) groups is 4. The van der Waals surface area contributed by atoms with Gasteiger partial charge in [0.2, 0.25) is 0 Å². The highest BCUT2D eigenvalue weighted by molar-refractivity contribution is 9.09. The Hall–Kier alpha value is -3.64. The summed E-state index contributed by atoms with van der Waals surface area (Å²) >= 11 is 28.3. The molecule has 5 rings (SSSR count). The molecule has 0 spiro atoms. The average Bonchev–Trinajstić information content (AvgIpc) is 3.07. The molecule has 0 radical (unpaired) electrons. The van der Waals surface area contributed by atoms with Crippen molar-refractivity contribution in [2.45, 2.75) is 29.4 Å². The number of halogens is 5. The standard InChI is InChI=1S/C34H23BrCl4O9/c35-30-29(48-34(43)21-12-4-8-16-25(21)39)28(47-33(42)20-11-3-7-15-24(20)38)27(46-32(41)19-10-2-6-14-23(19)37)26(45-30)17-44-31(40)18-9-1-5-13-22(18)36/h1-16,26-30H,17H2/t26-,27-,28+,29-,30+/m1/s1. The van der Waals surface area contributed by atoms with E-state index >= 15 is 0 Å². The van der Waals surface area contributed by atoms with Crippen molar-refractivity contribution >= 4 is 86.2 Å². The molecule has 4 aromatic rings. The van der Waals surface area contributed by atoms with Crippen LogP contribution in [0, 0.1) is 0 Å². The lowest BCUT2D eigenvalue weighted by atomic mass is 9.99. The summed E-state index contributed by atoms with van der Waals surface area (Å²) in [5, 5.41) is -0.798. The number of rotatable bonds is 9. The van der Waals surface area contributed by atoms with Crippen LogP contribution in [0.1, 0.15) is 41.4 Å². The second kappa shape index (κ2) is 16.2. The quantitative estimate of drug-likeness (QED) is 0.0939. The Labute approximate surface area is 303 Å². The molecule has 0 bridgehead atoms. The van der Waals surface area contributed by atoms with E-state index in [1.807, 2.05) is 0 Å². The van der Waals surface area contributed by atoms with Crippen molar-refractivity contribution < 1.29 is 42.9 Å². The number of alkyl halides is 1. The smallest absolute Gasteiger partial charge is 0.340 e. The molecule has 0 aliphatic carbocycles. The molecular formula is C34H23BrCl4O9. The monoisotopic (exact) mass is 794 g/mol. The van der Waals surface area contributed by atoms with E-state index in [1.165, 1.54) is 48.5 Å². The molecule has 1 aliphatic rings. The summed E-state index contributed by atoms with van der Waals surface area (Å²) in [6.07, 6.45) is -5.84. The van der Waals surface area contributed by atoms with Gasteiger partial charge >= 0.3 is 23.9 Å². The van der Waals surface area contributed by atoms with Gasteiger partial charge in [-0.05, 0) is 48.5 Å². The van der Waals surface area contributed by atoms with E-state index in [0.29, 0.717) is 0 Å². The van der Waals surface area contributed by atoms with Crippen LogP contribution >= 0.6 is 62.3 Å². The first-order valence-corrected chi connectivity index (χ1v) is 16.6. The van der Waals surface area contributed by atoms with Crippen molar-refractivity contribution in [2.75, 3.05) is 6.61 Å². The van der Waals surface area contributed by atoms with Gasteiger partial charge < -0.3 is 23.7 Å². The van der Waals surface area contributed by atoms with Crippen molar-refractivity contribution in [2.24, 2.45) is 0 Å². The Morgan fingerprint density at radius 3 is 1.25 bits per heavy atom. The van der Waals surface area contributed by atoms with Gasteiger partial charge in [-0.15, -0.1) is 0 Å². The first-order chi connectivity index (χ1) is 23.0. The summed E-state index contributed by atoms with van der Waals surface area (Å²) in [6.45, 7) is -0.516. The van der Waals surface area contributed by atoms with Crippen LogP contribution < -0.4 is 0 Å². The third-order valence-electron chi connectivity index (χ3n) is 7.06. The van der Waals surface area contributed by atoms with Gasteiger partial charge in [0.15, 0.2) is 23.3 Å². The van der Waals surface area contributed by atoms with Gasteiger partial charge in [0.25, 0.3) is 0 Å². The van der Waals surface area contributed by atoms with Crippen LogP contribution in [-0.2, 0) is 23.7 Å². The average molecular weight is 797 g/mol. The van der Waals surface area contributed by atoms with E-state index in [9.17, 15) is 19.2 Å². The largest absolute Gasteiger partial charge is 0.459 e. The highest BCUT2D eigenvalue weighted by atomic mass is 79.9. The fourth-order valence-corrected chi connectivity index (χ4v) is 6.24. The van der Waals surface area contributed by atoms with Crippen LogP contribution in [0.4, 0.5) is 0 Å². The van der Waals surface area contributed by atoms with Crippen LogP contribution in [0.3, 0.4) is 0 Å². The predicted octanol–water partition coefficient (Wildman–Crippen LogP) is 8.25.